The smallest absolute Gasteiger partial charge is 0.332 e. The quantitative estimate of drug-likeness (QED) is 0.435. The third-order valence-corrected chi connectivity index (χ3v) is 5.68. The number of carbonyl (C=O) groups is 1. The van der Waals surface area contributed by atoms with Gasteiger partial charge in [-0.25, -0.2) is 19.3 Å². The van der Waals surface area contributed by atoms with Crippen LogP contribution in [0.5, 0.6) is 17.2 Å². The number of rotatable bonds is 6. The molecule has 10 nitrogen and oxygen atoms in total. The second kappa shape index (κ2) is 8.79. The molecular weight excluding hydrogens is 450 g/mol. The van der Waals surface area contributed by atoms with Crippen molar-refractivity contribution in [2.45, 2.75) is 26.2 Å². The Hall–Kier alpha value is -4.34. The van der Waals surface area contributed by atoms with Gasteiger partial charge in [0.15, 0.2) is 28.7 Å². The Labute approximate surface area is 201 Å². The fourth-order valence-corrected chi connectivity index (χ4v) is 3.85. The lowest BCUT2D eigenvalue weighted by atomic mass is 9.87. The lowest BCUT2D eigenvalue weighted by molar-refractivity contribution is 0.0997. The molecule has 4 aromatic rings. The fraction of sp³-hybridized carbons (Fsp3) is 0.280. The summed E-state index contributed by atoms with van der Waals surface area (Å²) in [6.45, 7) is 6.32. The van der Waals surface area contributed by atoms with Gasteiger partial charge >= 0.3 is 5.69 Å². The molecule has 0 fully saturated rings. The average Bonchev–Trinajstić information content (AvgIpc) is 3.17. The van der Waals surface area contributed by atoms with E-state index in [4.69, 9.17) is 19.9 Å². The number of hydrogen-bond donors (Lipinski definition) is 2. The van der Waals surface area contributed by atoms with Gasteiger partial charge in [0.2, 0.25) is 5.75 Å². The van der Waals surface area contributed by atoms with Crippen molar-refractivity contribution < 1.29 is 19.0 Å². The molecule has 182 valence electrons. The van der Waals surface area contributed by atoms with Gasteiger partial charge in [-0.05, 0) is 35.2 Å². The molecule has 2 heterocycles. The molecule has 0 bridgehead atoms. The summed E-state index contributed by atoms with van der Waals surface area (Å²) in [5, 5.41) is 0. The Kier molecular flexibility index (Phi) is 5.98. The van der Waals surface area contributed by atoms with Gasteiger partial charge in [0.05, 0.1) is 27.0 Å². The number of H-pyrrole nitrogens is 1. The highest BCUT2D eigenvalue weighted by atomic mass is 16.5. The predicted molar refractivity (Wildman–Crippen MR) is 132 cm³/mol. The van der Waals surface area contributed by atoms with Crippen LogP contribution in [-0.4, -0.2) is 46.8 Å². The largest absolute Gasteiger partial charge is 0.493 e. The molecule has 2 aromatic carbocycles. The van der Waals surface area contributed by atoms with E-state index in [0.717, 1.165) is 5.56 Å². The highest BCUT2D eigenvalue weighted by Crippen LogP contribution is 2.40. The number of aromatic amines is 1. The maximum absolute atomic E-state index is 13.0. The lowest BCUT2D eigenvalue weighted by Gasteiger charge is -2.19. The highest BCUT2D eigenvalue weighted by Gasteiger charge is 2.23. The molecule has 1 amide bonds. The van der Waals surface area contributed by atoms with Crippen molar-refractivity contribution in [3.63, 3.8) is 0 Å². The third-order valence-electron chi connectivity index (χ3n) is 5.68. The van der Waals surface area contributed by atoms with Gasteiger partial charge in [0.1, 0.15) is 5.52 Å². The topological polar surface area (TPSA) is 134 Å². The standard InChI is InChI=1S/C25H27N5O5/c1-25(2,3)14-7-9-15(10-8-14)30-23-19(28-24(30)32)18(21(26)31)27-22(29-23)13-11-16(33-4)20(35-6)17(12-13)34-5/h7-12H,1-6H3,(H2,26,31)(H,28,32). The number of carbonyl (C=O) groups excluding carboxylic acids is 1. The summed E-state index contributed by atoms with van der Waals surface area (Å²) in [4.78, 5) is 36.9. The van der Waals surface area contributed by atoms with Crippen molar-refractivity contribution in [2.24, 2.45) is 5.73 Å². The van der Waals surface area contributed by atoms with E-state index >= 15 is 0 Å². The zero-order valence-electron chi connectivity index (χ0n) is 20.4. The Morgan fingerprint density at radius 1 is 0.971 bits per heavy atom. The van der Waals surface area contributed by atoms with Crippen molar-refractivity contribution in [1.29, 1.82) is 0 Å². The van der Waals surface area contributed by atoms with Crippen LogP contribution in [0.3, 0.4) is 0 Å². The SMILES string of the molecule is COc1cc(-c2nc(C(N)=O)c3[nH]c(=O)n(-c4ccc(C(C)(C)C)cc4)c3n2)cc(OC)c1OC. The Morgan fingerprint density at radius 2 is 1.57 bits per heavy atom. The van der Waals surface area contributed by atoms with Crippen molar-refractivity contribution >= 4 is 17.1 Å². The molecule has 3 N–H and O–H groups in total. The Bertz CT molecular complexity index is 1450. The minimum atomic E-state index is -0.803. The van der Waals surface area contributed by atoms with Crippen LogP contribution >= 0.6 is 0 Å². The average molecular weight is 478 g/mol. The summed E-state index contributed by atoms with van der Waals surface area (Å²) in [5.41, 5.74) is 7.53. The normalized spacial score (nSPS) is 11.5. The number of nitrogens with one attached hydrogen (secondary N) is 1. The van der Waals surface area contributed by atoms with Crippen LogP contribution in [0.1, 0.15) is 36.8 Å². The molecule has 0 unspecified atom stereocenters. The van der Waals surface area contributed by atoms with Crippen LogP contribution in [0.2, 0.25) is 0 Å². The van der Waals surface area contributed by atoms with E-state index < -0.39 is 11.6 Å². The molecule has 10 heteroatoms. The molecule has 35 heavy (non-hydrogen) atoms. The van der Waals surface area contributed by atoms with Gasteiger partial charge in [0, 0.05) is 5.56 Å². The molecule has 0 saturated heterocycles. The zero-order chi connectivity index (χ0) is 25.5. The molecule has 4 rings (SSSR count). The molecule has 0 spiro atoms. The molecule has 0 radical (unpaired) electrons. The summed E-state index contributed by atoms with van der Waals surface area (Å²) in [5.74, 6) is 0.519. The summed E-state index contributed by atoms with van der Waals surface area (Å²) in [7, 11) is 4.48. The van der Waals surface area contributed by atoms with Crippen molar-refractivity contribution in [2.75, 3.05) is 21.3 Å². The van der Waals surface area contributed by atoms with Crippen LogP contribution in [0.15, 0.2) is 41.2 Å². The number of hydrogen-bond acceptors (Lipinski definition) is 7. The number of primary amides is 1. The number of imidazole rings is 1. The number of fused-ring (bicyclic) bond motifs is 1. The first-order valence-electron chi connectivity index (χ1n) is 10.8. The second-order valence-corrected chi connectivity index (χ2v) is 8.94. The maximum Gasteiger partial charge on any atom is 0.332 e. The maximum atomic E-state index is 13.0. The van der Waals surface area contributed by atoms with E-state index in [0.29, 0.717) is 28.5 Å². The first-order chi connectivity index (χ1) is 16.6. The molecular formula is C25H27N5O5. The van der Waals surface area contributed by atoms with Crippen LogP contribution < -0.4 is 25.6 Å². The number of nitrogens with two attached hydrogens (primary N) is 1. The number of nitrogens with zero attached hydrogens (tertiary/aromatic N) is 3. The summed E-state index contributed by atoms with van der Waals surface area (Å²) < 4.78 is 17.6. The monoisotopic (exact) mass is 477 g/mol. The number of aromatic nitrogens is 4. The molecule has 0 atom stereocenters. The number of methoxy groups -OCH3 is 3. The number of amides is 1. The van der Waals surface area contributed by atoms with Gasteiger partial charge in [-0.15, -0.1) is 0 Å². The van der Waals surface area contributed by atoms with E-state index in [1.807, 2.05) is 24.3 Å². The van der Waals surface area contributed by atoms with Crippen molar-refractivity contribution in [3.05, 3.63) is 58.1 Å². The van der Waals surface area contributed by atoms with Gasteiger partial charge < -0.3 is 24.9 Å². The summed E-state index contributed by atoms with van der Waals surface area (Å²) >= 11 is 0. The van der Waals surface area contributed by atoms with E-state index in [9.17, 15) is 9.59 Å². The summed E-state index contributed by atoms with van der Waals surface area (Å²) in [6.07, 6.45) is 0. The van der Waals surface area contributed by atoms with Crippen LogP contribution in [0.4, 0.5) is 0 Å². The van der Waals surface area contributed by atoms with E-state index in [1.54, 1.807) is 12.1 Å². The Morgan fingerprint density at radius 3 is 2.06 bits per heavy atom. The third kappa shape index (κ3) is 4.18. The van der Waals surface area contributed by atoms with E-state index in [1.165, 1.54) is 25.9 Å². The lowest BCUT2D eigenvalue weighted by Crippen LogP contribution is -2.16. The molecule has 0 saturated carbocycles. The van der Waals surface area contributed by atoms with Crippen molar-refractivity contribution in [3.8, 4) is 34.3 Å². The molecule has 0 aliphatic heterocycles. The minimum Gasteiger partial charge on any atom is -0.493 e. The predicted octanol–water partition coefficient (Wildman–Crippen LogP) is 3.20. The van der Waals surface area contributed by atoms with Crippen molar-refractivity contribution in [1.82, 2.24) is 19.5 Å². The first kappa shape index (κ1) is 23.8. The summed E-state index contributed by atoms with van der Waals surface area (Å²) in [6, 6.07) is 10.9. The van der Waals surface area contributed by atoms with E-state index in [-0.39, 0.29) is 28.1 Å². The van der Waals surface area contributed by atoms with Gasteiger partial charge in [-0.2, -0.15) is 0 Å². The molecule has 2 aromatic heterocycles. The fourth-order valence-electron chi connectivity index (χ4n) is 3.85. The van der Waals surface area contributed by atoms with Gasteiger partial charge in [-0.1, -0.05) is 32.9 Å². The van der Waals surface area contributed by atoms with Gasteiger partial charge in [-0.3, -0.25) is 4.79 Å². The van der Waals surface area contributed by atoms with Gasteiger partial charge in [0.25, 0.3) is 5.91 Å². The van der Waals surface area contributed by atoms with Crippen LogP contribution in [0.25, 0.3) is 28.2 Å². The second-order valence-electron chi connectivity index (χ2n) is 8.94. The van der Waals surface area contributed by atoms with Crippen LogP contribution in [0, 0.1) is 0 Å². The highest BCUT2D eigenvalue weighted by molar-refractivity contribution is 6.02. The molecule has 0 aliphatic carbocycles. The zero-order valence-corrected chi connectivity index (χ0v) is 20.4. The minimum absolute atomic E-state index is 0.0509. The van der Waals surface area contributed by atoms with E-state index in [2.05, 4.69) is 35.7 Å². The van der Waals surface area contributed by atoms with Crippen LogP contribution in [-0.2, 0) is 5.41 Å². The number of ether oxygens (including phenoxy) is 3. The Balaban J connectivity index is 1.99. The molecule has 0 aliphatic rings. The first-order valence-corrected chi connectivity index (χ1v) is 10.8. The number of benzene rings is 2.